The van der Waals surface area contributed by atoms with Gasteiger partial charge < -0.3 is 0 Å². The number of likely N-dealkylation sites (N-methyl/N-ethyl adjacent to an activating group) is 1. The summed E-state index contributed by atoms with van der Waals surface area (Å²) in [6.45, 7) is 3.92. The van der Waals surface area contributed by atoms with Gasteiger partial charge in [0, 0.05) is 15.4 Å². The zero-order valence-electron chi connectivity index (χ0n) is 17.3. The lowest BCUT2D eigenvalue weighted by atomic mass is 9.79. The molecule has 3 aromatic rings. The average Bonchev–Trinajstić information content (AvgIpc) is 2.75. The summed E-state index contributed by atoms with van der Waals surface area (Å²) in [6, 6.07) is 25.7. The Morgan fingerprint density at radius 3 is 2.23 bits per heavy atom. The summed E-state index contributed by atoms with van der Waals surface area (Å²) in [7, 11) is 3.93. The Morgan fingerprint density at radius 1 is 1.00 bits per heavy atom. The summed E-state index contributed by atoms with van der Waals surface area (Å²) in [5.41, 5.74) is 1.15. The van der Waals surface area contributed by atoms with E-state index in [1.54, 1.807) is 11.8 Å². The van der Waals surface area contributed by atoms with Crippen molar-refractivity contribution >= 4 is 29.1 Å². The SMILES string of the molecule is C=CCC(Cc1ccccc1)(C(=O)c1ccc(Sc2ccccc2Cl)cc1)N(C)C. The van der Waals surface area contributed by atoms with Gasteiger partial charge in [0.15, 0.2) is 5.78 Å². The van der Waals surface area contributed by atoms with E-state index in [-0.39, 0.29) is 5.78 Å². The van der Waals surface area contributed by atoms with Crippen molar-refractivity contribution in [2.75, 3.05) is 14.1 Å². The fourth-order valence-electron chi connectivity index (χ4n) is 3.56. The maximum absolute atomic E-state index is 13.7. The van der Waals surface area contributed by atoms with E-state index in [2.05, 4.69) is 18.7 Å². The first-order chi connectivity index (χ1) is 14.5. The van der Waals surface area contributed by atoms with E-state index in [0.29, 0.717) is 18.4 Å². The summed E-state index contributed by atoms with van der Waals surface area (Å²) >= 11 is 7.86. The monoisotopic (exact) mass is 435 g/mol. The summed E-state index contributed by atoms with van der Waals surface area (Å²) in [6.07, 6.45) is 3.04. The predicted octanol–water partition coefficient (Wildman–Crippen LogP) is 6.79. The molecule has 0 aliphatic rings. The Bertz CT molecular complexity index is 1000. The lowest BCUT2D eigenvalue weighted by Crippen LogP contribution is -2.52. The molecule has 0 bridgehead atoms. The third-order valence-electron chi connectivity index (χ3n) is 5.28. The summed E-state index contributed by atoms with van der Waals surface area (Å²) in [5.74, 6) is 0.102. The van der Waals surface area contributed by atoms with Crippen LogP contribution in [-0.2, 0) is 6.42 Å². The number of carbonyl (C=O) groups excluding carboxylic acids is 1. The number of hydrogen-bond donors (Lipinski definition) is 0. The number of Topliss-reactive ketones (excluding diaryl/α,β-unsaturated/α-hetero) is 1. The molecule has 3 rings (SSSR count). The van der Waals surface area contributed by atoms with Crippen LogP contribution in [-0.4, -0.2) is 30.3 Å². The molecule has 0 radical (unpaired) electrons. The van der Waals surface area contributed by atoms with E-state index in [9.17, 15) is 4.79 Å². The second-order valence-electron chi connectivity index (χ2n) is 7.47. The molecule has 0 fully saturated rings. The van der Waals surface area contributed by atoms with Crippen molar-refractivity contribution in [2.24, 2.45) is 0 Å². The topological polar surface area (TPSA) is 20.3 Å². The smallest absolute Gasteiger partial charge is 0.183 e. The molecular formula is C26H26ClNOS. The van der Waals surface area contributed by atoms with Crippen LogP contribution >= 0.6 is 23.4 Å². The molecule has 0 N–H and O–H groups in total. The van der Waals surface area contributed by atoms with Gasteiger partial charge in [0.05, 0.1) is 10.6 Å². The molecule has 1 atom stereocenters. The maximum Gasteiger partial charge on any atom is 0.183 e. The van der Waals surface area contributed by atoms with Crippen LogP contribution in [0, 0.1) is 0 Å². The molecule has 1 unspecified atom stereocenters. The van der Waals surface area contributed by atoms with E-state index in [1.165, 1.54) is 0 Å². The van der Waals surface area contributed by atoms with Crippen LogP contribution in [0.1, 0.15) is 22.3 Å². The van der Waals surface area contributed by atoms with Crippen LogP contribution in [0.3, 0.4) is 0 Å². The van der Waals surface area contributed by atoms with Crippen molar-refractivity contribution in [1.82, 2.24) is 4.90 Å². The Morgan fingerprint density at radius 2 is 1.63 bits per heavy atom. The number of carbonyl (C=O) groups is 1. The Hall–Kier alpha value is -2.33. The molecule has 0 amide bonds. The number of rotatable bonds is 9. The highest BCUT2D eigenvalue weighted by atomic mass is 35.5. The van der Waals surface area contributed by atoms with Crippen LogP contribution in [0.25, 0.3) is 0 Å². The Balaban J connectivity index is 1.88. The molecule has 0 aromatic heterocycles. The molecule has 3 aromatic carbocycles. The second kappa shape index (κ2) is 10.1. The highest BCUT2D eigenvalue weighted by Crippen LogP contribution is 2.34. The fraction of sp³-hybridized carbons (Fsp3) is 0.192. The van der Waals surface area contributed by atoms with E-state index in [0.717, 1.165) is 20.4 Å². The normalized spacial score (nSPS) is 13.1. The molecule has 0 saturated heterocycles. The van der Waals surface area contributed by atoms with Crippen molar-refractivity contribution in [2.45, 2.75) is 28.2 Å². The first-order valence-electron chi connectivity index (χ1n) is 9.86. The second-order valence-corrected chi connectivity index (χ2v) is 8.99. The van der Waals surface area contributed by atoms with Gasteiger partial charge in [-0.15, -0.1) is 6.58 Å². The zero-order chi connectivity index (χ0) is 21.6. The minimum absolute atomic E-state index is 0.102. The molecule has 0 saturated carbocycles. The van der Waals surface area contributed by atoms with Crippen molar-refractivity contribution in [1.29, 1.82) is 0 Å². The van der Waals surface area contributed by atoms with Crippen LogP contribution in [0.4, 0.5) is 0 Å². The van der Waals surface area contributed by atoms with E-state index < -0.39 is 5.54 Å². The number of nitrogens with zero attached hydrogens (tertiary/aromatic N) is 1. The van der Waals surface area contributed by atoms with Crippen molar-refractivity contribution in [3.8, 4) is 0 Å². The van der Waals surface area contributed by atoms with E-state index >= 15 is 0 Å². The molecule has 0 heterocycles. The standard InChI is InChI=1S/C26H26ClNOS/c1-4-18-26(28(2)3,19-20-10-6-5-7-11-20)25(29)21-14-16-22(17-15-21)30-24-13-9-8-12-23(24)27/h4-17H,1,18-19H2,2-3H3. The quantitative estimate of drug-likeness (QED) is 0.272. The van der Waals surface area contributed by atoms with Gasteiger partial charge in [-0.1, -0.05) is 84.0 Å². The van der Waals surface area contributed by atoms with Gasteiger partial charge in [0.25, 0.3) is 0 Å². The minimum atomic E-state index is -0.680. The Labute approximate surface area is 188 Å². The molecule has 2 nitrogen and oxygen atoms in total. The first kappa shape index (κ1) is 22.4. The maximum atomic E-state index is 13.7. The first-order valence-corrected chi connectivity index (χ1v) is 11.1. The Kier molecular flexibility index (Phi) is 7.54. The third-order valence-corrected chi connectivity index (χ3v) is 6.81. The van der Waals surface area contributed by atoms with Gasteiger partial charge in [-0.25, -0.2) is 0 Å². The molecule has 0 aliphatic carbocycles. The van der Waals surface area contributed by atoms with Crippen molar-refractivity contribution in [3.05, 3.63) is 108 Å². The summed E-state index contributed by atoms with van der Waals surface area (Å²) < 4.78 is 0. The number of ketones is 1. The number of hydrogen-bond acceptors (Lipinski definition) is 3. The zero-order valence-corrected chi connectivity index (χ0v) is 18.9. The number of benzene rings is 3. The van der Waals surface area contributed by atoms with E-state index in [1.807, 2.05) is 91.8 Å². The highest BCUT2D eigenvalue weighted by Gasteiger charge is 2.40. The van der Waals surface area contributed by atoms with Crippen molar-refractivity contribution in [3.63, 3.8) is 0 Å². The molecular weight excluding hydrogens is 410 g/mol. The van der Waals surface area contributed by atoms with Crippen LogP contribution in [0.15, 0.2) is 101 Å². The van der Waals surface area contributed by atoms with Crippen LogP contribution in [0.5, 0.6) is 0 Å². The summed E-state index contributed by atoms with van der Waals surface area (Å²) in [5, 5.41) is 0.725. The average molecular weight is 436 g/mol. The predicted molar refractivity (Wildman–Crippen MR) is 128 cm³/mol. The van der Waals surface area contributed by atoms with E-state index in [4.69, 9.17) is 11.6 Å². The van der Waals surface area contributed by atoms with Gasteiger partial charge >= 0.3 is 0 Å². The van der Waals surface area contributed by atoms with Gasteiger partial charge in [-0.05, 0) is 56.8 Å². The molecule has 30 heavy (non-hydrogen) atoms. The van der Waals surface area contributed by atoms with Crippen LogP contribution < -0.4 is 0 Å². The lowest BCUT2D eigenvalue weighted by molar-refractivity contribution is 0.0683. The van der Waals surface area contributed by atoms with Gasteiger partial charge in [0.2, 0.25) is 0 Å². The van der Waals surface area contributed by atoms with Gasteiger partial charge in [-0.2, -0.15) is 0 Å². The molecule has 0 aliphatic heterocycles. The minimum Gasteiger partial charge on any atom is -0.296 e. The largest absolute Gasteiger partial charge is 0.296 e. The fourth-order valence-corrected chi connectivity index (χ4v) is 4.65. The third kappa shape index (κ3) is 5.04. The highest BCUT2D eigenvalue weighted by molar-refractivity contribution is 7.99. The molecule has 4 heteroatoms. The molecule has 154 valence electrons. The molecule has 0 spiro atoms. The van der Waals surface area contributed by atoms with Crippen LogP contribution in [0.2, 0.25) is 5.02 Å². The lowest BCUT2D eigenvalue weighted by Gasteiger charge is -2.38. The van der Waals surface area contributed by atoms with Gasteiger partial charge in [0.1, 0.15) is 0 Å². The van der Waals surface area contributed by atoms with Crippen molar-refractivity contribution < 1.29 is 4.79 Å². The number of halogens is 1. The van der Waals surface area contributed by atoms with Gasteiger partial charge in [-0.3, -0.25) is 9.69 Å². The summed E-state index contributed by atoms with van der Waals surface area (Å²) in [4.78, 5) is 17.8.